The molecule has 0 spiro atoms. The lowest BCUT2D eigenvalue weighted by Crippen LogP contribution is -2.08. The van der Waals surface area contributed by atoms with Gasteiger partial charge in [-0.1, -0.05) is 55.6 Å². The lowest BCUT2D eigenvalue weighted by atomic mass is 9.91. The van der Waals surface area contributed by atoms with E-state index >= 15 is 0 Å². The Balaban J connectivity index is 2.81. The molecule has 1 aromatic rings. The molecule has 0 aliphatic rings. The summed E-state index contributed by atoms with van der Waals surface area (Å²) in [5.41, 5.74) is 1.34. The lowest BCUT2D eigenvalue weighted by molar-refractivity contribution is 0.315. The molecule has 0 aliphatic carbocycles. The molecule has 0 saturated carbocycles. The summed E-state index contributed by atoms with van der Waals surface area (Å²) >= 11 is 7.53. The third kappa shape index (κ3) is 5.40. The van der Waals surface area contributed by atoms with E-state index in [1.165, 1.54) is 31.2 Å². The van der Waals surface area contributed by atoms with E-state index in [1.807, 2.05) is 0 Å². The van der Waals surface area contributed by atoms with Crippen LogP contribution in [0.2, 0.25) is 0 Å². The van der Waals surface area contributed by atoms with Crippen LogP contribution in [0.1, 0.15) is 63.3 Å². The number of benzene rings is 1. The molecule has 3 heteroatoms. The van der Waals surface area contributed by atoms with Gasteiger partial charge < -0.3 is 4.74 Å². The fourth-order valence-corrected chi connectivity index (χ4v) is 3.79. The zero-order valence-electron chi connectivity index (χ0n) is 12.8. The summed E-state index contributed by atoms with van der Waals surface area (Å²) in [6.45, 7) is 7.42. The minimum Gasteiger partial charge on any atom is -0.492 e. The molecule has 0 heterocycles. The van der Waals surface area contributed by atoms with Crippen LogP contribution in [0.3, 0.4) is 0 Å². The zero-order chi connectivity index (χ0) is 15.0. The summed E-state index contributed by atoms with van der Waals surface area (Å²) in [4.78, 5) is 0.430. The Kier molecular flexibility index (Phi) is 8.86. The number of rotatable bonds is 9. The zero-order valence-corrected chi connectivity index (χ0v) is 16.0. The van der Waals surface area contributed by atoms with Gasteiger partial charge in [-0.2, -0.15) is 0 Å². The number of alkyl halides is 1. The second-order valence-corrected chi connectivity index (χ2v) is 7.12. The van der Waals surface area contributed by atoms with Crippen molar-refractivity contribution in [2.75, 3.05) is 6.61 Å². The molecule has 1 rings (SSSR count). The molecule has 0 N–H and O–H groups in total. The van der Waals surface area contributed by atoms with Crippen LogP contribution in [0.25, 0.3) is 0 Å². The minimum absolute atomic E-state index is 0.430. The first-order chi connectivity index (χ1) is 9.63. The second kappa shape index (κ2) is 9.83. The van der Waals surface area contributed by atoms with Crippen LogP contribution in [0.15, 0.2) is 22.7 Å². The van der Waals surface area contributed by atoms with Crippen molar-refractivity contribution >= 4 is 31.9 Å². The summed E-state index contributed by atoms with van der Waals surface area (Å²) < 4.78 is 6.77. The topological polar surface area (TPSA) is 9.23 Å². The van der Waals surface area contributed by atoms with Gasteiger partial charge in [0, 0.05) is 4.83 Å². The summed E-state index contributed by atoms with van der Waals surface area (Å²) in [5.74, 6) is 1.65. The summed E-state index contributed by atoms with van der Waals surface area (Å²) in [6, 6.07) is 6.47. The van der Waals surface area contributed by atoms with E-state index in [-0.39, 0.29) is 0 Å². The Hall–Kier alpha value is -0.0200. The molecule has 1 atom stereocenters. The molecular formula is C17H26Br2O. The Labute approximate surface area is 140 Å². The van der Waals surface area contributed by atoms with Crippen LogP contribution >= 0.6 is 31.9 Å². The molecule has 1 unspecified atom stereocenters. The third-order valence-electron chi connectivity index (χ3n) is 3.47. The quantitative estimate of drug-likeness (QED) is 0.406. The van der Waals surface area contributed by atoms with Gasteiger partial charge in [0.2, 0.25) is 0 Å². The van der Waals surface area contributed by atoms with Crippen molar-refractivity contribution in [2.45, 2.75) is 57.7 Å². The van der Waals surface area contributed by atoms with Crippen molar-refractivity contribution in [2.24, 2.45) is 5.92 Å². The van der Waals surface area contributed by atoms with E-state index in [2.05, 4.69) is 70.8 Å². The van der Waals surface area contributed by atoms with Gasteiger partial charge >= 0.3 is 0 Å². The minimum atomic E-state index is 0.430. The lowest BCUT2D eigenvalue weighted by Gasteiger charge is -2.22. The van der Waals surface area contributed by atoms with E-state index in [4.69, 9.17) is 4.74 Å². The predicted molar refractivity (Wildman–Crippen MR) is 94.9 cm³/mol. The second-order valence-electron chi connectivity index (χ2n) is 5.28. The fourth-order valence-electron chi connectivity index (χ4n) is 2.47. The summed E-state index contributed by atoms with van der Waals surface area (Å²) in [7, 11) is 0. The van der Waals surface area contributed by atoms with Gasteiger partial charge in [-0.3, -0.25) is 0 Å². The molecule has 0 aliphatic heterocycles. The first kappa shape index (κ1) is 18.0. The average molecular weight is 406 g/mol. The SMILES string of the molecule is CCCOc1ccc(C(Br)C(CCC)CCC)cc1Br. The van der Waals surface area contributed by atoms with Gasteiger partial charge in [-0.15, -0.1) is 0 Å². The van der Waals surface area contributed by atoms with Crippen molar-refractivity contribution in [3.63, 3.8) is 0 Å². The van der Waals surface area contributed by atoms with Crippen molar-refractivity contribution in [3.8, 4) is 5.75 Å². The van der Waals surface area contributed by atoms with Crippen LogP contribution in [0.4, 0.5) is 0 Å². The molecule has 20 heavy (non-hydrogen) atoms. The van der Waals surface area contributed by atoms with Gasteiger partial charge in [-0.25, -0.2) is 0 Å². The highest BCUT2D eigenvalue weighted by atomic mass is 79.9. The largest absolute Gasteiger partial charge is 0.492 e. The standard InChI is InChI=1S/C17H26Br2O/c1-4-7-13(8-5-2)17(19)14-9-10-16(15(18)12-14)20-11-6-3/h9-10,12-13,17H,4-8,11H2,1-3H3. The Bertz CT molecular complexity index is 387. The Morgan fingerprint density at radius 3 is 2.20 bits per heavy atom. The van der Waals surface area contributed by atoms with Crippen LogP contribution in [0.5, 0.6) is 5.75 Å². The maximum Gasteiger partial charge on any atom is 0.133 e. The van der Waals surface area contributed by atoms with Gasteiger partial charge in [0.05, 0.1) is 11.1 Å². The summed E-state index contributed by atoms with van der Waals surface area (Å²) in [5, 5.41) is 0. The normalized spacial score (nSPS) is 12.7. The molecule has 0 amide bonds. The average Bonchev–Trinajstić information content (AvgIpc) is 2.45. The molecule has 0 radical (unpaired) electrons. The maximum absolute atomic E-state index is 5.71. The van der Waals surface area contributed by atoms with Crippen molar-refractivity contribution in [3.05, 3.63) is 28.2 Å². The highest BCUT2D eigenvalue weighted by Gasteiger charge is 2.20. The predicted octanol–water partition coefficient (Wildman–Crippen LogP) is 6.89. The number of hydrogen-bond acceptors (Lipinski definition) is 1. The van der Waals surface area contributed by atoms with E-state index in [0.29, 0.717) is 10.7 Å². The van der Waals surface area contributed by atoms with E-state index < -0.39 is 0 Å². The molecule has 0 fully saturated rings. The molecule has 1 aromatic carbocycles. The van der Waals surface area contributed by atoms with Gasteiger partial charge in [0.15, 0.2) is 0 Å². The Morgan fingerprint density at radius 2 is 1.70 bits per heavy atom. The molecule has 114 valence electrons. The van der Waals surface area contributed by atoms with Crippen molar-refractivity contribution < 1.29 is 4.74 Å². The fraction of sp³-hybridized carbons (Fsp3) is 0.647. The highest BCUT2D eigenvalue weighted by Crippen LogP contribution is 2.39. The van der Waals surface area contributed by atoms with Crippen LogP contribution < -0.4 is 4.74 Å². The number of hydrogen-bond donors (Lipinski definition) is 0. The first-order valence-electron chi connectivity index (χ1n) is 7.70. The molecule has 0 bridgehead atoms. The van der Waals surface area contributed by atoms with Gasteiger partial charge in [0.25, 0.3) is 0 Å². The van der Waals surface area contributed by atoms with Crippen molar-refractivity contribution in [1.82, 2.24) is 0 Å². The van der Waals surface area contributed by atoms with Crippen LogP contribution in [-0.2, 0) is 0 Å². The van der Waals surface area contributed by atoms with E-state index in [1.54, 1.807) is 0 Å². The molecule has 0 aromatic heterocycles. The number of ether oxygens (including phenoxy) is 1. The van der Waals surface area contributed by atoms with E-state index in [0.717, 1.165) is 23.2 Å². The Morgan fingerprint density at radius 1 is 1.05 bits per heavy atom. The van der Waals surface area contributed by atoms with Crippen molar-refractivity contribution in [1.29, 1.82) is 0 Å². The summed E-state index contributed by atoms with van der Waals surface area (Å²) in [6.07, 6.45) is 6.06. The number of halogens is 2. The van der Waals surface area contributed by atoms with Gasteiger partial charge in [-0.05, 0) is 58.8 Å². The smallest absolute Gasteiger partial charge is 0.133 e. The van der Waals surface area contributed by atoms with Crippen LogP contribution in [-0.4, -0.2) is 6.61 Å². The van der Waals surface area contributed by atoms with Crippen LogP contribution in [0, 0.1) is 5.92 Å². The molecule has 0 saturated heterocycles. The van der Waals surface area contributed by atoms with E-state index in [9.17, 15) is 0 Å². The first-order valence-corrected chi connectivity index (χ1v) is 9.41. The third-order valence-corrected chi connectivity index (χ3v) is 5.36. The van der Waals surface area contributed by atoms with Gasteiger partial charge in [0.1, 0.15) is 5.75 Å². The highest BCUT2D eigenvalue weighted by molar-refractivity contribution is 9.10. The maximum atomic E-state index is 5.71. The molecule has 1 nitrogen and oxygen atoms in total. The molecular weight excluding hydrogens is 380 g/mol. The monoisotopic (exact) mass is 404 g/mol.